The van der Waals surface area contributed by atoms with Gasteiger partial charge in [-0.25, -0.2) is 0 Å². The standard InChI is InChI=1S/C30H20S/c1-3-10-21(11-4-1)26-20-25-18-23-14-7-8-15-24(23)19-27(25)30(28-16-9-17-31-28)29(26)22-12-5-2-6-13-22/h1-20H. The van der Waals surface area contributed by atoms with Crippen molar-refractivity contribution in [1.82, 2.24) is 0 Å². The Balaban J connectivity index is 1.83. The first-order chi connectivity index (χ1) is 15.4. The van der Waals surface area contributed by atoms with Crippen LogP contribution in [-0.4, -0.2) is 0 Å². The van der Waals surface area contributed by atoms with E-state index in [0.717, 1.165) is 0 Å². The molecule has 0 aliphatic rings. The molecule has 1 heteroatoms. The number of fused-ring (bicyclic) bond motifs is 2. The van der Waals surface area contributed by atoms with Crippen LogP contribution in [0.5, 0.6) is 0 Å². The molecule has 1 heterocycles. The van der Waals surface area contributed by atoms with Gasteiger partial charge in [0.1, 0.15) is 0 Å². The van der Waals surface area contributed by atoms with Crippen molar-refractivity contribution in [3.63, 3.8) is 0 Å². The first-order valence-corrected chi connectivity index (χ1v) is 11.4. The molecule has 0 atom stereocenters. The fraction of sp³-hybridized carbons (Fsp3) is 0. The van der Waals surface area contributed by atoms with E-state index in [1.165, 1.54) is 54.2 Å². The fourth-order valence-electron chi connectivity index (χ4n) is 4.52. The van der Waals surface area contributed by atoms with E-state index in [9.17, 15) is 0 Å². The summed E-state index contributed by atoms with van der Waals surface area (Å²) in [6.45, 7) is 0. The molecule has 6 aromatic rings. The van der Waals surface area contributed by atoms with E-state index in [0.29, 0.717) is 0 Å². The summed E-state index contributed by atoms with van der Waals surface area (Å²) < 4.78 is 0. The van der Waals surface area contributed by atoms with Gasteiger partial charge in [-0.1, -0.05) is 91.0 Å². The molecular formula is C30H20S. The van der Waals surface area contributed by atoms with E-state index in [4.69, 9.17) is 0 Å². The highest BCUT2D eigenvalue weighted by atomic mass is 32.1. The average molecular weight is 413 g/mol. The monoisotopic (exact) mass is 412 g/mol. The molecule has 0 bridgehead atoms. The van der Waals surface area contributed by atoms with Crippen LogP contribution in [0.1, 0.15) is 0 Å². The third-order valence-corrected chi connectivity index (χ3v) is 6.81. The summed E-state index contributed by atoms with van der Waals surface area (Å²) in [4.78, 5) is 1.30. The van der Waals surface area contributed by atoms with Gasteiger partial charge >= 0.3 is 0 Å². The largest absolute Gasteiger partial charge is 0.144 e. The van der Waals surface area contributed by atoms with Gasteiger partial charge in [-0.2, -0.15) is 0 Å². The summed E-state index contributed by atoms with van der Waals surface area (Å²) in [6, 6.07) is 41.7. The van der Waals surface area contributed by atoms with Crippen LogP contribution in [0.3, 0.4) is 0 Å². The van der Waals surface area contributed by atoms with Crippen LogP contribution in [0.2, 0.25) is 0 Å². The molecule has 0 aliphatic heterocycles. The van der Waals surface area contributed by atoms with Crippen LogP contribution >= 0.6 is 11.3 Å². The quantitative estimate of drug-likeness (QED) is 0.254. The summed E-state index contributed by atoms with van der Waals surface area (Å²) in [5.41, 5.74) is 6.40. The number of hydrogen-bond acceptors (Lipinski definition) is 1. The molecule has 146 valence electrons. The Hall–Kier alpha value is -3.68. The first-order valence-electron chi connectivity index (χ1n) is 10.5. The van der Waals surface area contributed by atoms with Crippen LogP contribution in [0.25, 0.3) is 54.2 Å². The van der Waals surface area contributed by atoms with Gasteiger partial charge in [0, 0.05) is 10.4 Å². The number of benzene rings is 5. The van der Waals surface area contributed by atoms with E-state index < -0.39 is 0 Å². The summed E-state index contributed by atoms with van der Waals surface area (Å²) in [7, 11) is 0. The van der Waals surface area contributed by atoms with Crippen molar-refractivity contribution in [2.45, 2.75) is 0 Å². The van der Waals surface area contributed by atoms with Gasteiger partial charge in [-0.3, -0.25) is 0 Å². The second kappa shape index (κ2) is 7.54. The van der Waals surface area contributed by atoms with E-state index in [2.05, 4.69) is 121 Å². The average Bonchev–Trinajstić information content (AvgIpc) is 3.37. The van der Waals surface area contributed by atoms with Gasteiger partial charge in [0.2, 0.25) is 0 Å². The Kier molecular flexibility index (Phi) is 4.40. The summed E-state index contributed by atoms with van der Waals surface area (Å²) >= 11 is 1.81. The minimum absolute atomic E-state index is 1.24. The zero-order chi connectivity index (χ0) is 20.6. The third kappa shape index (κ3) is 3.15. The van der Waals surface area contributed by atoms with Crippen molar-refractivity contribution in [1.29, 1.82) is 0 Å². The van der Waals surface area contributed by atoms with E-state index in [1.54, 1.807) is 0 Å². The molecule has 0 radical (unpaired) electrons. The Morgan fingerprint density at radius 2 is 1.10 bits per heavy atom. The lowest BCUT2D eigenvalue weighted by Crippen LogP contribution is -1.92. The van der Waals surface area contributed by atoms with Gasteiger partial charge in [0.25, 0.3) is 0 Å². The Morgan fingerprint density at radius 1 is 0.452 bits per heavy atom. The smallest absolute Gasteiger partial charge is 0.0355 e. The molecule has 5 aromatic carbocycles. The van der Waals surface area contributed by atoms with E-state index >= 15 is 0 Å². The minimum Gasteiger partial charge on any atom is -0.144 e. The van der Waals surface area contributed by atoms with Crippen molar-refractivity contribution in [2.75, 3.05) is 0 Å². The predicted molar refractivity (Wildman–Crippen MR) is 136 cm³/mol. The second-order valence-electron chi connectivity index (χ2n) is 7.80. The van der Waals surface area contributed by atoms with Crippen molar-refractivity contribution in [3.8, 4) is 32.7 Å². The maximum absolute atomic E-state index is 2.37. The molecule has 31 heavy (non-hydrogen) atoms. The highest BCUT2D eigenvalue weighted by molar-refractivity contribution is 7.13. The predicted octanol–water partition coefficient (Wildman–Crippen LogP) is 9.06. The van der Waals surface area contributed by atoms with Gasteiger partial charge < -0.3 is 0 Å². The normalized spacial score (nSPS) is 11.2. The van der Waals surface area contributed by atoms with Crippen molar-refractivity contribution >= 4 is 32.9 Å². The second-order valence-corrected chi connectivity index (χ2v) is 8.75. The lowest BCUT2D eigenvalue weighted by molar-refractivity contribution is 1.60. The number of rotatable bonds is 3. The number of hydrogen-bond donors (Lipinski definition) is 0. The Bertz CT molecular complexity index is 1500. The SMILES string of the molecule is c1ccc(-c2cc3cc4ccccc4cc3c(-c3cccs3)c2-c2ccccc2)cc1. The molecule has 0 N–H and O–H groups in total. The summed E-state index contributed by atoms with van der Waals surface area (Å²) in [6.07, 6.45) is 0. The maximum atomic E-state index is 2.37. The molecular weight excluding hydrogens is 392 g/mol. The minimum atomic E-state index is 1.24. The molecule has 1 aromatic heterocycles. The number of thiophene rings is 1. The molecule has 0 spiro atoms. The highest BCUT2D eigenvalue weighted by Crippen LogP contribution is 2.46. The summed E-state index contributed by atoms with van der Waals surface area (Å²) in [5, 5.41) is 7.31. The molecule has 0 amide bonds. The van der Waals surface area contributed by atoms with Crippen LogP contribution in [0.15, 0.2) is 121 Å². The first kappa shape index (κ1) is 18.1. The Morgan fingerprint density at radius 3 is 1.77 bits per heavy atom. The van der Waals surface area contributed by atoms with E-state index in [-0.39, 0.29) is 0 Å². The van der Waals surface area contributed by atoms with E-state index in [1.807, 2.05) is 11.3 Å². The molecule has 6 rings (SSSR count). The molecule has 0 saturated heterocycles. The highest BCUT2D eigenvalue weighted by Gasteiger charge is 2.19. The van der Waals surface area contributed by atoms with Crippen LogP contribution in [0, 0.1) is 0 Å². The molecule has 0 aliphatic carbocycles. The summed E-state index contributed by atoms with van der Waals surface area (Å²) in [5.74, 6) is 0. The Labute approximate surface area is 186 Å². The fourth-order valence-corrected chi connectivity index (χ4v) is 5.31. The zero-order valence-corrected chi connectivity index (χ0v) is 17.8. The van der Waals surface area contributed by atoms with Gasteiger partial charge in [0.05, 0.1) is 0 Å². The molecule has 0 fully saturated rings. The zero-order valence-electron chi connectivity index (χ0n) is 17.0. The lowest BCUT2D eigenvalue weighted by atomic mass is 9.85. The van der Waals surface area contributed by atoms with Gasteiger partial charge in [0.15, 0.2) is 0 Å². The lowest BCUT2D eigenvalue weighted by Gasteiger charge is -2.19. The van der Waals surface area contributed by atoms with Crippen molar-refractivity contribution in [3.05, 3.63) is 121 Å². The van der Waals surface area contributed by atoms with Crippen LogP contribution in [0.4, 0.5) is 0 Å². The molecule has 0 unspecified atom stereocenters. The van der Waals surface area contributed by atoms with Crippen molar-refractivity contribution < 1.29 is 0 Å². The van der Waals surface area contributed by atoms with Crippen LogP contribution in [-0.2, 0) is 0 Å². The van der Waals surface area contributed by atoms with Gasteiger partial charge in [-0.05, 0) is 73.4 Å². The van der Waals surface area contributed by atoms with Gasteiger partial charge in [-0.15, -0.1) is 11.3 Å². The molecule has 0 saturated carbocycles. The molecule has 0 nitrogen and oxygen atoms in total. The maximum Gasteiger partial charge on any atom is 0.0355 e. The topological polar surface area (TPSA) is 0 Å². The third-order valence-electron chi connectivity index (χ3n) is 5.92. The van der Waals surface area contributed by atoms with Crippen molar-refractivity contribution in [2.24, 2.45) is 0 Å². The van der Waals surface area contributed by atoms with Crippen LogP contribution < -0.4 is 0 Å².